The van der Waals surface area contributed by atoms with Gasteiger partial charge in [0.2, 0.25) is 0 Å². The Kier molecular flexibility index (Phi) is 6.73. The molecule has 0 saturated heterocycles. The van der Waals surface area contributed by atoms with Gasteiger partial charge < -0.3 is 19.1 Å². The van der Waals surface area contributed by atoms with E-state index in [0.29, 0.717) is 31.4 Å². The molecular weight excluding hydrogens is 520 g/mol. The topological polar surface area (TPSA) is 74.3 Å². The molecule has 3 aromatic carbocycles. The number of fused-ring (bicyclic) bond motifs is 2. The first kappa shape index (κ1) is 24.3. The normalized spacial score (nSPS) is 11.7. The van der Waals surface area contributed by atoms with E-state index >= 15 is 0 Å². The highest BCUT2D eigenvalue weighted by molar-refractivity contribution is 9.10. The predicted molar refractivity (Wildman–Crippen MR) is 146 cm³/mol. The van der Waals surface area contributed by atoms with E-state index < -0.39 is 0 Å². The monoisotopic (exact) mass is 548 g/mol. The second-order valence-corrected chi connectivity index (χ2v) is 9.89. The lowest BCUT2D eigenvalue weighted by molar-refractivity contribution is 0.188. The summed E-state index contributed by atoms with van der Waals surface area (Å²) in [5.41, 5.74) is 6.54. The molecule has 2 heterocycles. The summed E-state index contributed by atoms with van der Waals surface area (Å²) in [6.07, 6.45) is 0. The lowest BCUT2D eigenvalue weighted by atomic mass is 10.0. The SMILES string of the molecule is COCCn1c(-c2ccc(C(C)C)cc2)nc2c(Br)c(Cn3c(O)nc4ccccc43)cc(OC)c21. The zero-order chi connectivity index (χ0) is 25.4. The number of imidazole rings is 2. The van der Waals surface area contributed by atoms with Crippen molar-refractivity contribution >= 4 is 38.0 Å². The predicted octanol–water partition coefficient (Wildman–Crippen LogP) is 6.35. The maximum Gasteiger partial charge on any atom is 0.295 e. The first-order valence-corrected chi connectivity index (χ1v) is 12.7. The number of aromatic hydroxyl groups is 1. The van der Waals surface area contributed by atoms with Crippen molar-refractivity contribution in [2.45, 2.75) is 32.9 Å². The van der Waals surface area contributed by atoms with Crippen LogP contribution in [0.5, 0.6) is 11.8 Å². The minimum absolute atomic E-state index is 0.0290. The molecular formula is C28H29BrN4O3. The molecule has 0 unspecified atom stereocenters. The van der Waals surface area contributed by atoms with Crippen LogP contribution in [0.4, 0.5) is 0 Å². The Morgan fingerprint density at radius 2 is 1.75 bits per heavy atom. The van der Waals surface area contributed by atoms with Gasteiger partial charge >= 0.3 is 0 Å². The van der Waals surface area contributed by atoms with E-state index in [1.165, 1.54) is 5.56 Å². The molecule has 36 heavy (non-hydrogen) atoms. The highest BCUT2D eigenvalue weighted by Crippen LogP contribution is 2.39. The molecule has 5 aromatic rings. The Morgan fingerprint density at radius 3 is 2.44 bits per heavy atom. The Bertz CT molecular complexity index is 1540. The van der Waals surface area contributed by atoms with Crippen LogP contribution >= 0.6 is 15.9 Å². The molecule has 5 rings (SSSR count). The summed E-state index contributed by atoms with van der Waals surface area (Å²) in [5.74, 6) is 2.02. The second kappa shape index (κ2) is 9.95. The van der Waals surface area contributed by atoms with E-state index in [2.05, 4.69) is 63.6 Å². The van der Waals surface area contributed by atoms with Crippen molar-refractivity contribution in [3.8, 4) is 23.1 Å². The van der Waals surface area contributed by atoms with Crippen LogP contribution < -0.4 is 4.74 Å². The molecule has 0 aliphatic carbocycles. The molecule has 0 spiro atoms. The van der Waals surface area contributed by atoms with Gasteiger partial charge in [0, 0.05) is 19.2 Å². The average molecular weight is 549 g/mol. The van der Waals surface area contributed by atoms with E-state index in [0.717, 1.165) is 43.5 Å². The quantitative estimate of drug-likeness (QED) is 0.244. The van der Waals surface area contributed by atoms with Gasteiger partial charge in [0.15, 0.2) is 0 Å². The Balaban J connectivity index is 1.68. The first-order valence-electron chi connectivity index (χ1n) is 11.9. The van der Waals surface area contributed by atoms with Crippen LogP contribution in [0.1, 0.15) is 30.9 Å². The number of para-hydroxylation sites is 2. The van der Waals surface area contributed by atoms with Crippen LogP contribution in [-0.2, 0) is 17.8 Å². The van der Waals surface area contributed by atoms with Crippen LogP contribution in [0.3, 0.4) is 0 Å². The van der Waals surface area contributed by atoms with Crippen molar-refractivity contribution in [3.63, 3.8) is 0 Å². The summed E-state index contributed by atoms with van der Waals surface area (Å²) in [6, 6.07) is 18.2. The van der Waals surface area contributed by atoms with E-state index in [4.69, 9.17) is 14.5 Å². The number of halogens is 1. The standard InChI is InChI=1S/C28H29BrN4O3/c1-17(2)18-9-11-19(12-10-18)27-31-25-24(29)20(15-23(36-4)26(25)32(27)13-14-35-3)16-33-22-8-6-5-7-21(22)30-28(33)34/h5-12,15,17H,13-14,16H2,1-4H3,(H,30,34). The Labute approximate surface area is 218 Å². The van der Waals surface area contributed by atoms with Gasteiger partial charge in [0.1, 0.15) is 22.6 Å². The molecule has 0 atom stereocenters. The van der Waals surface area contributed by atoms with E-state index in [-0.39, 0.29) is 6.01 Å². The van der Waals surface area contributed by atoms with Crippen LogP contribution in [0.2, 0.25) is 0 Å². The first-order chi connectivity index (χ1) is 17.4. The van der Waals surface area contributed by atoms with Gasteiger partial charge in [-0.15, -0.1) is 0 Å². The molecule has 186 valence electrons. The highest BCUT2D eigenvalue weighted by Gasteiger charge is 2.22. The van der Waals surface area contributed by atoms with Crippen molar-refractivity contribution in [1.82, 2.24) is 19.1 Å². The largest absolute Gasteiger partial charge is 0.494 e. The molecule has 0 bridgehead atoms. The number of benzene rings is 3. The number of hydrogen-bond donors (Lipinski definition) is 1. The zero-order valence-electron chi connectivity index (χ0n) is 20.8. The third-order valence-corrected chi connectivity index (χ3v) is 7.42. The van der Waals surface area contributed by atoms with Crippen LogP contribution in [0.15, 0.2) is 59.1 Å². The molecule has 0 saturated carbocycles. The van der Waals surface area contributed by atoms with Gasteiger partial charge in [-0.3, -0.25) is 4.57 Å². The summed E-state index contributed by atoms with van der Waals surface area (Å²) < 4.78 is 16.1. The third kappa shape index (κ3) is 4.24. The summed E-state index contributed by atoms with van der Waals surface area (Å²) in [7, 11) is 3.37. The van der Waals surface area contributed by atoms with Crippen molar-refractivity contribution in [1.29, 1.82) is 0 Å². The van der Waals surface area contributed by atoms with Crippen LogP contribution in [-0.4, -0.2) is 45.0 Å². The lowest BCUT2D eigenvalue weighted by Gasteiger charge is -2.14. The molecule has 0 radical (unpaired) electrons. The molecule has 0 aliphatic heterocycles. The highest BCUT2D eigenvalue weighted by atomic mass is 79.9. The summed E-state index contributed by atoms with van der Waals surface area (Å²) >= 11 is 3.82. The number of methoxy groups -OCH3 is 2. The summed E-state index contributed by atoms with van der Waals surface area (Å²) in [4.78, 5) is 9.38. The van der Waals surface area contributed by atoms with Crippen molar-refractivity contribution in [3.05, 3.63) is 70.2 Å². The van der Waals surface area contributed by atoms with E-state index in [1.54, 1.807) is 18.8 Å². The molecule has 2 aromatic heterocycles. The maximum atomic E-state index is 10.6. The summed E-state index contributed by atoms with van der Waals surface area (Å²) in [6.45, 7) is 5.95. The molecule has 0 aliphatic rings. The van der Waals surface area contributed by atoms with Crippen molar-refractivity contribution in [2.24, 2.45) is 0 Å². The van der Waals surface area contributed by atoms with Crippen LogP contribution in [0.25, 0.3) is 33.5 Å². The number of aromatic nitrogens is 4. The van der Waals surface area contributed by atoms with Gasteiger partial charge in [-0.2, -0.15) is 4.98 Å². The summed E-state index contributed by atoms with van der Waals surface area (Å²) in [5, 5.41) is 10.6. The fraction of sp³-hybridized carbons (Fsp3) is 0.286. The fourth-order valence-corrected chi connectivity index (χ4v) is 5.11. The minimum atomic E-state index is -0.0290. The fourth-order valence-electron chi connectivity index (χ4n) is 4.60. The van der Waals surface area contributed by atoms with Crippen LogP contribution in [0, 0.1) is 0 Å². The number of nitrogens with zero attached hydrogens (tertiary/aromatic N) is 4. The number of ether oxygens (including phenoxy) is 2. The molecule has 0 amide bonds. The maximum absolute atomic E-state index is 10.6. The van der Waals surface area contributed by atoms with Gasteiger partial charge in [-0.1, -0.05) is 50.2 Å². The second-order valence-electron chi connectivity index (χ2n) is 9.09. The van der Waals surface area contributed by atoms with E-state index in [1.807, 2.05) is 30.3 Å². The molecule has 1 N–H and O–H groups in total. The molecule has 8 heteroatoms. The van der Waals surface area contributed by atoms with Gasteiger partial charge in [-0.05, 0) is 51.2 Å². The van der Waals surface area contributed by atoms with Crippen molar-refractivity contribution < 1.29 is 14.6 Å². The van der Waals surface area contributed by atoms with Gasteiger partial charge in [0.25, 0.3) is 6.01 Å². The Morgan fingerprint density at radius 1 is 1.00 bits per heavy atom. The lowest BCUT2D eigenvalue weighted by Crippen LogP contribution is -2.07. The molecule has 0 fully saturated rings. The minimum Gasteiger partial charge on any atom is -0.494 e. The van der Waals surface area contributed by atoms with Gasteiger partial charge in [0.05, 0.1) is 35.8 Å². The van der Waals surface area contributed by atoms with Crippen molar-refractivity contribution in [2.75, 3.05) is 20.8 Å². The van der Waals surface area contributed by atoms with Gasteiger partial charge in [-0.25, -0.2) is 4.98 Å². The zero-order valence-corrected chi connectivity index (χ0v) is 22.4. The third-order valence-electron chi connectivity index (χ3n) is 6.53. The van der Waals surface area contributed by atoms with E-state index in [9.17, 15) is 5.11 Å². The number of rotatable bonds is 8. The number of hydrogen-bond acceptors (Lipinski definition) is 5. The smallest absolute Gasteiger partial charge is 0.295 e. The molecule has 7 nitrogen and oxygen atoms in total. The average Bonchev–Trinajstić information content (AvgIpc) is 3.42. The Hall–Kier alpha value is -3.36.